The van der Waals surface area contributed by atoms with Crippen LogP contribution in [0.15, 0.2) is 35.9 Å². The van der Waals surface area contributed by atoms with Gasteiger partial charge in [-0.2, -0.15) is 5.26 Å². The molecule has 0 unspecified atom stereocenters. The molecule has 2 aromatic carbocycles. The van der Waals surface area contributed by atoms with Crippen LogP contribution in [0.25, 0.3) is 6.08 Å². The van der Waals surface area contributed by atoms with Gasteiger partial charge in [-0.3, -0.25) is 0 Å². The monoisotopic (exact) mass is 370 g/mol. The highest BCUT2D eigenvalue weighted by Gasteiger charge is 2.09. The fraction of sp³-hybridized carbons (Fsp3) is 0.200. The normalized spacial score (nSPS) is 11.1. The molecule has 0 saturated carbocycles. The smallest absolute Gasteiger partial charge is 0.122 e. The van der Waals surface area contributed by atoms with Crippen molar-refractivity contribution in [3.05, 3.63) is 68.7 Å². The standard InChI is InChI=1S/C20H19ClN2OS/c1-12-6-15(9-16(10-22)20(23)25)14(3)17(7-12)11-24-19-5-4-18(21)8-13(19)2/h4-9H,11H2,1-3H3,(H2,23,25). The first-order chi connectivity index (χ1) is 11.8. The van der Waals surface area contributed by atoms with Gasteiger partial charge in [0.1, 0.15) is 23.4 Å². The van der Waals surface area contributed by atoms with E-state index < -0.39 is 0 Å². The van der Waals surface area contributed by atoms with Crippen molar-refractivity contribution in [1.29, 1.82) is 5.26 Å². The minimum absolute atomic E-state index is 0.0954. The maximum Gasteiger partial charge on any atom is 0.122 e. The van der Waals surface area contributed by atoms with Gasteiger partial charge in [0.05, 0.1) is 5.57 Å². The average Bonchev–Trinajstić information content (AvgIpc) is 2.54. The van der Waals surface area contributed by atoms with Crippen LogP contribution in [0.4, 0.5) is 0 Å². The molecule has 0 spiro atoms. The molecule has 0 bridgehead atoms. The van der Waals surface area contributed by atoms with Gasteiger partial charge in [-0.05, 0) is 67.3 Å². The number of nitrogens with zero attached hydrogens (tertiary/aromatic N) is 1. The molecule has 3 nitrogen and oxygen atoms in total. The van der Waals surface area contributed by atoms with Crippen molar-refractivity contribution < 1.29 is 4.74 Å². The molecule has 0 aliphatic carbocycles. The van der Waals surface area contributed by atoms with Crippen LogP contribution in [0.3, 0.4) is 0 Å². The Balaban J connectivity index is 2.33. The van der Waals surface area contributed by atoms with Crippen LogP contribution in [-0.4, -0.2) is 4.99 Å². The van der Waals surface area contributed by atoms with Crippen LogP contribution in [-0.2, 0) is 6.61 Å². The van der Waals surface area contributed by atoms with Crippen molar-refractivity contribution in [1.82, 2.24) is 0 Å². The molecule has 0 aliphatic rings. The molecular weight excluding hydrogens is 352 g/mol. The molecule has 0 radical (unpaired) electrons. The zero-order valence-corrected chi connectivity index (χ0v) is 16.0. The number of benzene rings is 2. The lowest BCUT2D eigenvalue weighted by Crippen LogP contribution is -2.10. The van der Waals surface area contributed by atoms with E-state index in [0.717, 1.165) is 33.6 Å². The molecular formula is C20H19ClN2OS. The molecule has 0 fully saturated rings. The van der Waals surface area contributed by atoms with Gasteiger partial charge in [-0.25, -0.2) is 0 Å². The summed E-state index contributed by atoms with van der Waals surface area (Å²) in [5.41, 5.74) is 10.9. The van der Waals surface area contributed by atoms with Crippen LogP contribution in [0.5, 0.6) is 5.75 Å². The Morgan fingerprint density at radius 3 is 2.60 bits per heavy atom. The molecule has 2 N–H and O–H groups in total. The highest BCUT2D eigenvalue weighted by Crippen LogP contribution is 2.25. The predicted octanol–water partition coefficient (Wildman–Crippen LogP) is 5.04. The number of nitriles is 1. The first-order valence-electron chi connectivity index (χ1n) is 7.72. The van der Waals surface area contributed by atoms with E-state index in [1.165, 1.54) is 0 Å². The number of aryl methyl sites for hydroxylation is 2. The minimum Gasteiger partial charge on any atom is -0.489 e. The number of hydrogen-bond donors (Lipinski definition) is 1. The van der Waals surface area contributed by atoms with Crippen LogP contribution in [0.1, 0.15) is 27.8 Å². The Bertz CT molecular complexity index is 897. The van der Waals surface area contributed by atoms with Crippen LogP contribution in [0.2, 0.25) is 5.02 Å². The van der Waals surface area contributed by atoms with Crippen molar-refractivity contribution in [2.24, 2.45) is 5.73 Å². The van der Waals surface area contributed by atoms with Gasteiger partial charge >= 0.3 is 0 Å². The van der Waals surface area contributed by atoms with E-state index in [-0.39, 0.29) is 4.99 Å². The molecule has 0 aliphatic heterocycles. The van der Waals surface area contributed by atoms with Crippen molar-refractivity contribution in [2.75, 3.05) is 0 Å². The predicted molar refractivity (Wildman–Crippen MR) is 107 cm³/mol. The maximum atomic E-state index is 9.17. The Morgan fingerprint density at radius 1 is 1.28 bits per heavy atom. The second kappa shape index (κ2) is 8.15. The summed E-state index contributed by atoms with van der Waals surface area (Å²) in [6.07, 6.45) is 1.72. The van der Waals surface area contributed by atoms with E-state index in [1.54, 1.807) is 6.08 Å². The fourth-order valence-electron chi connectivity index (χ4n) is 2.51. The Kier molecular flexibility index (Phi) is 6.19. The number of ether oxygens (including phenoxy) is 1. The molecule has 25 heavy (non-hydrogen) atoms. The van der Waals surface area contributed by atoms with E-state index >= 15 is 0 Å². The maximum absolute atomic E-state index is 9.17. The topological polar surface area (TPSA) is 59.0 Å². The summed E-state index contributed by atoms with van der Waals surface area (Å²) in [4.78, 5) is 0.0954. The molecule has 2 aromatic rings. The quantitative estimate of drug-likeness (QED) is 0.455. The molecule has 0 atom stereocenters. The molecule has 2 rings (SSSR count). The van der Waals surface area contributed by atoms with Gasteiger partial charge in [-0.1, -0.05) is 41.5 Å². The van der Waals surface area contributed by atoms with Gasteiger partial charge in [0, 0.05) is 5.02 Å². The lowest BCUT2D eigenvalue weighted by molar-refractivity contribution is 0.303. The van der Waals surface area contributed by atoms with Gasteiger partial charge in [-0.15, -0.1) is 0 Å². The lowest BCUT2D eigenvalue weighted by atomic mass is 9.98. The van der Waals surface area contributed by atoms with Crippen LogP contribution < -0.4 is 10.5 Å². The number of thiocarbonyl (C=S) groups is 1. The number of nitrogens with two attached hydrogens (primary N) is 1. The first kappa shape index (κ1) is 19.0. The second-order valence-electron chi connectivity index (χ2n) is 5.87. The summed E-state index contributed by atoms with van der Waals surface area (Å²) in [6.45, 7) is 6.37. The summed E-state index contributed by atoms with van der Waals surface area (Å²) >= 11 is 10.9. The molecule has 0 saturated heterocycles. The van der Waals surface area contributed by atoms with Crippen molar-refractivity contribution >= 4 is 34.9 Å². The van der Waals surface area contributed by atoms with Crippen molar-refractivity contribution in [3.63, 3.8) is 0 Å². The number of hydrogen-bond acceptors (Lipinski definition) is 3. The van der Waals surface area contributed by atoms with Crippen LogP contribution >= 0.6 is 23.8 Å². The lowest BCUT2D eigenvalue weighted by Gasteiger charge is -2.14. The third-order valence-corrected chi connectivity index (χ3v) is 4.36. The minimum atomic E-state index is 0.0954. The van der Waals surface area contributed by atoms with Crippen molar-refractivity contribution in [3.8, 4) is 11.8 Å². The Hall–Kier alpha value is -2.35. The summed E-state index contributed by atoms with van der Waals surface area (Å²) < 4.78 is 5.95. The van der Waals surface area contributed by atoms with E-state index in [0.29, 0.717) is 17.2 Å². The van der Waals surface area contributed by atoms with E-state index in [4.69, 9.17) is 34.3 Å². The van der Waals surface area contributed by atoms with Crippen molar-refractivity contribution in [2.45, 2.75) is 27.4 Å². The summed E-state index contributed by atoms with van der Waals surface area (Å²) in [5, 5.41) is 9.86. The second-order valence-corrected chi connectivity index (χ2v) is 6.75. The average molecular weight is 371 g/mol. The fourth-order valence-corrected chi connectivity index (χ4v) is 2.84. The molecule has 0 heterocycles. The largest absolute Gasteiger partial charge is 0.489 e. The summed E-state index contributed by atoms with van der Waals surface area (Å²) in [5.74, 6) is 0.795. The Labute approximate surface area is 158 Å². The Morgan fingerprint density at radius 2 is 2.00 bits per heavy atom. The SMILES string of the molecule is Cc1cc(C=C(C#N)C(N)=S)c(C)c(COc2ccc(Cl)cc2C)c1. The third-order valence-electron chi connectivity index (χ3n) is 3.91. The highest BCUT2D eigenvalue weighted by molar-refractivity contribution is 7.80. The highest BCUT2D eigenvalue weighted by atomic mass is 35.5. The summed E-state index contributed by atoms with van der Waals surface area (Å²) in [7, 11) is 0. The third kappa shape index (κ3) is 4.82. The van der Waals surface area contributed by atoms with Gasteiger partial charge < -0.3 is 10.5 Å². The number of rotatable bonds is 5. The van der Waals surface area contributed by atoms with Gasteiger partial charge in [0.15, 0.2) is 0 Å². The zero-order chi connectivity index (χ0) is 18.6. The summed E-state index contributed by atoms with van der Waals surface area (Å²) in [6, 6.07) is 11.7. The molecule has 0 amide bonds. The molecule has 128 valence electrons. The van der Waals surface area contributed by atoms with E-state index in [2.05, 4.69) is 6.07 Å². The molecule has 5 heteroatoms. The number of halogens is 1. The van der Waals surface area contributed by atoms with E-state index in [9.17, 15) is 5.26 Å². The van der Waals surface area contributed by atoms with Gasteiger partial charge in [0.25, 0.3) is 0 Å². The van der Waals surface area contributed by atoms with Crippen LogP contribution in [0, 0.1) is 32.1 Å². The van der Waals surface area contributed by atoms with Gasteiger partial charge in [0.2, 0.25) is 0 Å². The van der Waals surface area contributed by atoms with E-state index in [1.807, 2.05) is 51.1 Å². The molecule has 0 aromatic heterocycles. The first-order valence-corrected chi connectivity index (χ1v) is 8.51. The zero-order valence-electron chi connectivity index (χ0n) is 14.4.